The molecule has 0 aliphatic carbocycles. The van der Waals surface area contributed by atoms with Gasteiger partial charge in [0, 0.05) is 18.2 Å². The smallest absolute Gasteiger partial charge is 0.419 e. The Morgan fingerprint density at radius 3 is 2.00 bits per heavy atom. The molecule has 3 amide bonds. The average molecular weight is 739 g/mol. The van der Waals surface area contributed by atoms with Crippen LogP contribution in [0.5, 0.6) is 0 Å². The zero-order chi connectivity index (χ0) is 38.9. The predicted octanol–water partition coefficient (Wildman–Crippen LogP) is 4.58. The van der Waals surface area contributed by atoms with E-state index in [0.717, 1.165) is 20.6 Å². The number of aromatic nitrogens is 2. The summed E-state index contributed by atoms with van der Waals surface area (Å²) in [5.74, 6) is -1.72. The van der Waals surface area contributed by atoms with Gasteiger partial charge in [-0.3, -0.25) is 14.5 Å². The predicted molar refractivity (Wildman–Crippen MR) is 202 cm³/mol. The van der Waals surface area contributed by atoms with Crippen molar-refractivity contribution in [2.75, 3.05) is 6.54 Å². The molecule has 3 aromatic carbocycles. The van der Waals surface area contributed by atoms with Crippen molar-refractivity contribution in [3.8, 4) is 0 Å². The van der Waals surface area contributed by atoms with Crippen molar-refractivity contribution in [3.63, 3.8) is 0 Å². The first kappa shape index (κ1) is 39.8. The molecule has 1 aliphatic rings. The fourth-order valence-electron chi connectivity index (χ4n) is 7.35. The molecule has 13 heteroatoms. The maximum Gasteiger partial charge on any atom is 0.419 e. The van der Waals surface area contributed by atoms with E-state index in [4.69, 9.17) is 20.9 Å². The van der Waals surface area contributed by atoms with Crippen LogP contribution >= 0.6 is 0 Å². The van der Waals surface area contributed by atoms with Crippen molar-refractivity contribution in [3.05, 3.63) is 126 Å². The highest BCUT2D eigenvalue weighted by Crippen LogP contribution is 2.42. The number of benzene rings is 3. The summed E-state index contributed by atoms with van der Waals surface area (Å²) >= 11 is 0. The molecule has 5 N–H and O–H groups in total. The molecular formula is C41H50N6O7. The Hall–Kier alpha value is -5.37. The largest absolute Gasteiger partial charge is 0.444 e. The van der Waals surface area contributed by atoms with Gasteiger partial charge in [-0.15, -0.1) is 0 Å². The average Bonchev–Trinajstić information content (AvgIpc) is 3.84. The van der Waals surface area contributed by atoms with Crippen molar-refractivity contribution in [1.29, 1.82) is 0 Å². The van der Waals surface area contributed by atoms with Crippen LogP contribution in [0.2, 0.25) is 0 Å². The second-order valence-corrected chi connectivity index (χ2v) is 14.6. The van der Waals surface area contributed by atoms with E-state index in [1.54, 1.807) is 24.3 Å². The van der Waals surface area contributed by atoms with Gasteiger partial charge in [-0.05, 0) is 69.7 Å². The number of aliphatic hydroxyl groups excluding tert-OH is 1. The first-order chi connectivity index (χ1) is 25.8. The number of likely N-dealkylation sites (tertiary alicyclic amines) is 1. The number of hydrogen-bond acceptors (Lipinski definition) is 10. The number of imidazole rings is 1. The number of carbonyl (C=O) groups excluding carboxylic acids is 4. The highest BCUT2D eigenvalue weighted by Gasteiger charge is 2.61. The van der Waals surface area contributed by atoms with Crippen LogP contribution < -0.4 is 11.5 Å². The van der Waals surface area contributed by atoms with Crippen LogP contribution in [0.15, 0.2) is 104 Å². The number of nitrogens with two attached hydrogens (primary N) is 2. The fourth-order valence-corrected chi connectivity index (χ4v) is 7.35. The van der Waals surface area contributed by atoms with Gasteiger partial charge in [-0.2, -0.15) is 0 Å². The van der Waals surface area contributed by atoms with Crippen molar-refractivity contribution < 1.29 is 33.8 Å². The van der Waals surface area contributed by atoms with Crippen molar-refractivity contribution >= 4 is 24.0 Å². The molecule has 1 saturated heterocycles. The molecule has 1 aromatic heterocycles. The van der Waals surface area contributed by atoms with E-state index in [-0.39, 0.29) is 38.2 Å². The van der Waals surface area contributed by atoms with E-state index in [9.17, 15) is 24.3 Å². The van der Waals surface area contributed by atoms with E-state index < -0.39 is 53.3 Å². The Kier molecular flexibility index (Phi) is 13.0. The third-order valence-corrected chi connectivity index (χ3v) is 9.86. The molecule has 1 aliphatic heterocycles. The number of imide groups is 1. The molecule has 0 radical (unpaired) electrons. The highest BCUT2D eigenvalue weighted by atomic mass is 16.6. The summed E-state index contributed by atoms with van der Waals surface area (Å²) in [6.45, 7) is 5.96. The van der Waals surface area contributed by atoms with Crippen LogP contribution in [0, 0.1) is 0 Å². The summed E-state index contributed by atoms with van der Waals surface area (Å²) in [6, 6.07) is 24.5. The molecule has 13 nitrogen and oxygen atoms in total. The van der Waals surface area contributed by atoms with E-state index in [2.05, 4.69) is 4.98 Å². The monoisotopic (exact) mass is 738 g/mol. The van der Waals surface area contributed by atoms with Crippen LogP contribution in [0.1, 0.15) is 62.4 Å². The van der Waals surface area contributed by atoms with Gasteiger partial charge >= 0.3 is 12.2 Å². The van der Waals surface area contributed by atoms with Crippen LogP contribution in [0.3, 0.4) is 0 Å². The number of amides is 3. The zero-order valence-electron chi connectivity index (χ0n) is 31.0. The lowest BCUT2D eigenvalue weighted by Crippen LogP contribution is -2.74. The minimum Gasteiger partial charge on any atom is -0.444 e. The van der Waals surface area contributed by atoms with Gasteiger partial charge in [0.15, 0.2) is 0 Å². The molecule has 4 atom stereocenters. The van der Waals surface area contributed by atoms with Crippen LogP contribution in [0.4, 0.5) is 9.59 Å². The van der Waals surface area contributed by atoms with Crippen LogP contribution in [-0.2, 0) is 45.1 Å². The van der Waals surface area contributed by atoms with Crippen molar-refractivity contribution in [1.82, 2.24) is 19.4 Å². The SMILES string of the molecule is CC(C)(C)N1CCC[C@]1(C(N)=O)C([C@H](O)CCc1ccccc1)N(C(=O)OCc1ccccc1)C(=O)[C@@H](N)Cc1cncn1C(=O)OCc1ccccc1. The highest BCUT2D eigenvalue weighted by molar-refractivity contribution is 5.97. The minimum atomic E-state index is -1.68. The van der Waals surface area contributed by atoms with Gasteiger partial charge in [0.1, 0.15) is 25.1 Å². The minimum absolute atomic E-state index is 0.00529. The summed E-state index contributed by atoms with van der Waals surface area (Å²) in [7, 11) is 0. The molecule has 2 heterocycles. The van der Waals surface area contributed by atoms with Gasteiger partial charge < -0.3 is 26.0 Å². The summed E-state index contributed by atoms with van der Waals surface area (Å²) in [6.07, 6.45) is 0.248. The molecule has 0 spiro atoms. The third-order valence-electron chi connectivity index (χ3n) is 9.86. The molecule has 1 fully saturated rings. The number of ether oxygens (including phenoxy) is 2. The Balaban J connectivity index is 1.52. The lowest BCUT2D eigenvalue weighted by molar-refractivity contribution is -0.152. The summed E-state index contributed by atoms with van der Waals surface area (Å²) < 4.78 is 12.4. The first-order valence-corrected chi connectivity index (χ1v) is 18.1. The molecule has 54 heavy (non-hydrogen) atoms. The second-order valence-electron chi connectivity index (χ2n) is 14.6. The van der Waals surface area contributed by atoms with Crippen molar-refractivity contribution in [2.24, 2.45) is 11.5 Å². The van der Waals surface area contributed by atoms with Gasteiger partial charge in [-0.1, -0.05) is 91.0 Å². The van der Waals surface area contributed by atoms with Gasteiger partial charge in [0.05, 0.1) is 23.9 Å². The van der Waals surface area contributed by atoms with Gasteiger partial charge in [0.2, 0.25) is 11.8 Å². The lowest BCUT2D eigenvalue weighted by Gasteiger charge is -2.51. The zero-order valence-corrected chi connectivity index (χ0v) is 31.0. The molecule has 0 saturated carbocycles. The first-order valence-electron chi connectivity index (χ1n) is 18.1. The number of rotatable bonds is 14. The van der Waals surface area contributed by atoms with E-state index in [1.807, 2.05) is 92.4 Å². The molecular weight excluding hydrogens is 688 g/mol. The Labute approximate surface area is 315 Å². The maximum absolute atomic E-state index is 14.8. The number of aliphatic hydroxyl groups is 1. The standard InChI is InChI=1S/C41H50N6O7/c1-40(2,3)46-23-13-22-41(46,37(43)50)35(34(48)21-20-29-14-7-4-8-15-29)47(39(52)54-27-31-18-11-6-12-19-31)36(49)33(42)24-32-25-44-28-45(32)38(51)53-26-30-16-9-5-10-17-30/h4-12,14-19,25,28,33-35,48H,13,20-24,26-27,42H2,1-3H3,(H2,43,50)/t33-,34+,35?,41+/m0/s1. The molecule has 1 unspecified atom stereocenters. The molecule has 0 bridgehead atoms. The Bertz CT molecular complexity index is 1860. The summed E-state index contributed by atoms with van der Waals surface area (Å²) in [5, 5.41) is 12.2. The summed E-state index contributed by atoms with van der Waals surface area (Å²) in [5.41, 5.74) is 13.2. The normalized spacial score (nSPS) is 17.6. The molecule has 5 rings (SSSR count). The topological polar surface area (TPSA) is 183 Å². The van der Waals surface area contributed by atoms with Crippen LogP contribution in [0.25, 0.3) is 0 Å². The number of hydrogen-bond donors (Lipinski definition) is 3. The third kappa shape index (κ3) is 9.22. The fraction of sp³-hybridized carbons (Fsp3) is 0.390. The number of nitrogens with zero attached hydrogens (tertiary/aromatic N) is 4. The quantitative estimate of drug-likeness (QED) is 0.166. The Morgan fingerprint density at radius 2 is 1.44 bits per heavy atom. The number of aryl methyl sites for hydroxylation is 1. The number of primary amides is 1. The van der Waals surface area contributed by atoms with Gasteiger partial charge in [-0.25, -0.2) is 24.0 Å². The number of carbonyl (C=O) groups is 4. The second kappa shape index (κ2) is 17.6. The lowest BCUT2D eigenvalue weighted by atomic mass is 9.78. The van der Waals surface area contributed by atoms with Crippen molar-refractivity contribution in [2.45, 2.75) is 95.4 Å². The Morgan fingerprint density at radius 1 is 0.889 bits per heavy atom. The molecule has 286 valence electrons. The van der Waals surface area contributed by atoms with E-state index in [0.29, 0.717) is 24.9 Å². The van der Waals surface area contributed by atoms with Gasteiger partial charge in [0.25, 0.3) is 0 Å². The van der Waals surface area contributed by atoms with E-state index in [1.165, 1.54) is 12.5 Å². The molecule has 4 aromatic rings. The van der Waals surface area contributed by atoms with E-state index >= 15 is 0 Å². The van der Waals surface area contributed by atoms with Crippen LogP contribution in [-0.4, -0.2) is 84.3 Å². The maximum atomic E-state index is 14.8. The summed E-state index contributed by atoms with van der Waals surface area (Å²) in [4.78, 5) is 63.0.